The quantitative estimate of drug-likeness (QED) is 0.558. The van der Waals surface area contributed by atoms with E-state index in [9.17, 15) is 9.59 Å². The Kier molecular flexibility index (Phi) is 8.11. The van der Waals surface area contributed by atoms with Gasteiger partial charge in [-0.3, -0.25) is 4.79 Å². The van der Waals surface area contributed by atoms with Crippen molar-refractivity contribution >= 4 is 23.3 Å². The van der Waals surface area contributed by atoms with Crippen molar-refractivity contribution in [2.75, 3.05) is 20.1 Å². The number of thiophene rings is 1. The first-order valence-electron chi connectivity index (χ1n) is 8.63. The monoisotopic (exact) mass is 374 g/mol. The summed E-state index contributed by atoms with van der Waals surface area (Å²) in [5.41, 5.74) is 6.48. The van der Waals surface area contributed by atoms with E-state index < -0.39 is 6.03 Å². The van der Waals surface area contributed by atoms with E-state index in [0.717, 1.165) is 24.4 Å². The number of hydrogen-bond donors (Lipinski definition) is 3. The van der Waals surface area contributed by atoms with Crippen LogP contribution in [0.4, 0.5) is 4.79 Å². The number of nitrogens with two attached hydrogens (primary N) is 1. The number of nitrogens with zero attached hydrogens (tertiary/aromatic N) is 1. The molecule has 0 radical (unpaired) electrons. The van der Waals surface area contributed by atoms with Crippen molar-refractivity contribution in [1.29, 1.82) is 0 Å². The zero-order chi connectivity index (χ0) is 18.8. The van der Waals surface area contributed by atoms with Gasteiger partial charge in [0.25, 0.3) is 0 Å². The summed E-state index contributed by atoms with van der Waals surface area (Å²) in [7, 11) is 2.07. The van der Waals surface area contributed by atoms with Gasteiger partial charge in [-0.15, -0.1) is 11.3 Å². The summed E-state index contributed by atoms with van der Waals surface area (Å²) in [5, 5.41) is 7.45. The van der Waals surface area contributed by atoms with Crippen LogP contribution < -0.4 is 16.4 Å². The van der Waals surface area contributed by atoms with Crippen molar-refractivity contribution in [1.82, 2.24) is 15.5 Å². The van der Waals surface area contributed by atoms with Crippen molar-refractivity contribution in [3.63, 3.8) is 0 Å². The van der Waals surface area contributed by atoms with Crippen molar-refractivity contribution in [3.05, 3.63) is 58.3 Å². The molecule has 2 aromatic rings. The average molecular weight is 375 g/mol. The number of benzene rings is 1. The summed E-state index contributed by atoms with van der Waals surface area (Å²) in [4.78, 5) is 26.4. The zero-order valence-corrected chi connectivity index (χ0v) is 15.8. The smallest absolute Gasteiger partial charge is 0.312 e. The van der Waals surface area contributed by atoms with Gasteiger partial charge in [-0.1, -0.05) is 36.4 Å². The number of carbonyl (C=O) groups is 2. The van der Waals surface area contributed by atoms with Crippen LogP contribution in [0, 0.1) is 0 Å². The molecule has 0 bridgehead atoms. The molecule has 0 saturated carbocycles. The first-order valence-corrected chi connectivity index (χ1v) is 9.51. The fourth-order valence-electron chi connectivity index (χ4n) is 2.69. The molecule has 3 amide bonds. The number of amides is 3. The van der Waals surface area contributed by atoms with Gasteiger partial charge < -0.3 is 21.3 Å². The highest BCUT2D eigenvalue weighted by molar-refractivity contribution is 7.10. The molecule has 1 aromatic heterocycles. The van der Waals surface area contributed by atoms with Gasteiger partial charge >= 0.3 is 6.03 Å². The van der Waals surface area contributed by atoms with E-state index in [1.807, 2.05) is 35.7 Å². The molecule has 1 unspecified atom stereocenters. The Morgan fingerprint density at radius 3 is 2.62 bits per heavy atom. The van der Waals surface area contributed by atoms with E-state index in [4.69, 9.17) is 5.73 Å². The standard InChI is InChI=1S/C19H26N4O2S/c1-23(14-15-7-3-2-4-8-15)11-6-10-21-18(24)13-16(22-19(20)25)17-9-5-12-26-17/h2-5,7-9,12,16H,6,10-11,13-14H2,1H3,(H,21,24)(H3,20,22,25). The predicted octanol–water partition coefficient (Wildman–Crippen LogP) is 2.49. The number of hydrogen-bond acceptors (Lipinski definition) is 4. The minimum Gasteiger partial charge on any atom is -0.356 e. The third-order valence-electron chi connectivity index (χ3n) is 3.93. The maximum atomic E-state index is 12.2. The van der Waals surface area contributed by atoms with Crippen LogP contribution in [0.3, 0.4) is 0 Å². The lowest BCUT2D eigenvalue weighted by atomic mass is 10.1. The molecular formula is C19H26N4O2S. The molecule has 0 saturated heterocycles. The Labute approximate surface area is 158 Å². The van der Waals surface area contributed by atoms with Crippen LogP contribution in [0.25, 0.3) is 0 Å². The topological polar surface area (TPSA) is 87.5 Å². The van der Waals surface area contributed by atoms with Gasteiger partial charge in [0.1, 0.15) is 0 Å². The molecule has 0 aliphatic rings. The molecule has 0 aliphatic heterocycles. The molecule has 0 spiro atoms. The Morgan fingerprint density at radius 1 is 1.19 bits per heavy atom. The SMILES string of the molecule is CN(CCCNC(=O)CC(NC(N)=O)c1cccs1)Cc1ccccc1. The number of rotatable bonds is 10. The predicted molar refractivity (Wildman–Crippen MR) is 105 cm³/mol. The summed E-state index contributed by atoms with van der Waals surface area (Å²) in [6.07, 6.45) is 1.05. The molecule has 140 valence electrons. The van der Waals surface area contributed by atoms with E-state index in [1.165, 1.54) is 16.9 Å². The summed E-state index contributed by atoms with van der Waals surface area (Å²) in [6, 6.07) is 13.1. The first kappa shape index (κ1) is 19.9. The number of nitrogens with one attached hydrogen (secondary N) is 2. The van der Waals surface area contributed by atoms with Gasteiger partial charge in [0.15, 0.2) is 0 Å². The Morgan fingerprint density at radius 2 is 1.96 bits per heavy atom. The Balaban J connectivity index is 1.68. The van der Waals surface area contributed by atoms with Crippen LogP contribution in [0.2, 0.25) is 0 Å². The van der Waals surface area contributed by atoms with Crippen LogP contribution in [0.15, 0.2) is 47.8 Å². The van der Waals surface area contributed by atoms with Crippen molar-refractivity contribution in [2.24, 2.45) is 5.73 Å². The molecule has 0 fully saturated rings. The molecule has 1 atom stereocenters. The van der Waals surface area contributed by atoms with Crippen molar-refractivity contribution in [2.45, 2.75) is 25.4 Å². The van der Waals surface area contributed by atoms with E-state index in [0.29, 0.717) is 6.54 Å². The molecule has 6 nitrogen and oxygen atoms in total. The molecule has 1 aromatic carbocycles. The van der Waals surface area contributed by atoms with E-state index >= 15 is 0 Å². The van der Waals surface area contributed by atoms with Gasteiger partial charge in [0.2, 0.25) is 5.91 Å². The second-order valence-corrected chi connectivity index (χ2v) is 7.19. The van der Waals surface area contributed by atoms with Crippen molar-refractivity contribution in [3.8, 4) is 0 Å². The van der Waals surface area contributed by atoms with Gasteiger partial charge in [0.05, 0.1) is 12.5 Å². The third-order valence-corrected chi connectivity index (χ3v) is 4.91. The molecule has 26 heavy (non-hydrogen) atoms. The molecular weight excluding hydrogens is 348 g/mol. The first-order chi connectivity index (χ1) is 12.5. The van der Waals surface area contributed by atoms with Crippen LogP contribution in [-0.4, -0.2) is 37.0 Å². The fourth-order valence-corrected chi connectivity index (χ4v) is 3.47. The van der Waals surface area contributed by atoms with Crippen LogP contribution in [0.5, 0.6) is 0 Å². The van der Waals surface area contributed by atoms with Gasteiger partial charge in [-0.05, 0) is 37.0 Å². The number of primary amides is 1. The van der Waals surface area contributed by atoms with Gasteiger partial charge in [0, 0.05) is 18.0 Å². The fraction of sp³-hybridized carbons (Fsp3) is 0.368. The van der Waals surface area contributed by atoms with E-state index in [1.54, 1.807) is 0 Å². The van der Waals surface area contributed by atoms with Gasteiger partial charge in [-0.2, -0.15) is 0 Å². The average Bonchev–Trinajstić information content (AvgIpc) is 3.13. The zero-order valence-electron chi connectivity index (χ0n) is 15.0. The summed E-state index contributed by atoms with van der Waals surface area (Å²) in [6.45, 7) is 2.38. The molecule has 4 N–H and O–H groups in total. The Bertz CT molecular complexity index is 676. The third kappa shape index (κ3) is 7.25. The summed E-state index contributed by atoms with van der Waals surface area (Å²) >= 11 is 1.49. The summed E-state index contributed by atoms with van der Waals surface area (Å²) in [5.74, 6) is -0.0946. The van der Waals surface area contributed by atoms with Crippen LogP contribution in [0.1, 0.15) is 29.3 Å². The van der Waals surface area contributed by atoms with Crippen molar-refractivity contribution < 1.29 is 9.59 Å². The van der Waals surface area contributed by atoms with E-state index in [-0.39, 0.29) is 18.4 Å². The minimum absolute atomic E-state index is 0.0946. The minimum atomic E-state index is -0.626. The highest BCUT2D eigenvalue weighted by atomic mass is 32.1. The van der Waals surface area contributed by atoms with Gasteiger partial charge in [-0.25, -0.2) is 4.79 Å². The highest BCUT2D eigenvalue weighted by Crippen LogP contribution is 2.21. The molecule has 0 aliphatic carbocycles. The van der Waals surface area contributed by atoms with E-state index in [2.05, 4.69) is 34.7 Å². The maximum Gasteiger partial charge on any atom is 0.312 e. The van der Waals surface area contributed by atoms with Crippen LogP contribution in [-0.2, 0) is 11.3 Å². The van der Waals surface area contributed by atoms with Crippen LogP contribution >= 0.6 is 11.3 Å². The molecule has 7 heteroatoms. The molecule has 2 rings (SSSR count). The molecule has 1 heterocycles. The highest BCUT2D eigenvalue weighted by Gasteiger charge is 2.18. The lowest BCUT2D eigenvalue weighted by Crippen LogP contribution is -2.36. The normalized spacial score (nSPS) is 11.9. The Hall–Kier alpha value is -2.38. The largest absolute Gasteiger partial charge is 0.356 e. The maximum absolute atomic E-state index is 12.2. The second-order valence-electron chi connectivity index (χ2n) is 6.21. The number of carbonyl (C=O) groups excluding carboxylic acids is 2. The lowest BCUT2D eigenvalue weighted by molar-refractivity contribution is -0.121. The summed E-state index contributed by atoms with van der Waals surface area (Å²) < 4.78 is 0. The number of urea groups is 1. The second kappa shape index (κ2) is 10.6. The lowest BCUT2D eigenvalue weighted by Gasteiger charge is -2.18.